The van der Waals surface area contributed by atoms with Crippen LogP contribution in [0.2, 0.25) is 0 Å². The Labute approximate surface area is 177 Å². The van der Waals surface area contributed by atoms with Gasteiger partial charge in [0.2, 0.25) is 0 Å². The van der Waals surface area contributed by atoms with E-state index in [1.165, 1.54) is 6.07 Å². The van der Waals surface area contributed by atoms with Crippen LogP contribution in [0.15, 0.2) is 53.5 Å². The Morgan fingerprint density at radius 2 is 1.87 bits per heavy atom. The Kier molecular flexibility index (Phi) is 5.62. The van der Waals surface area contributed by atoms with E-state index in [0.29, 0.717) is 30.6 Å². The predicted molar refractivity (Wildman–Crippen MR) is 115 cm³/mol. The molecule has 1 amide bonds. The van der Waals surface area contributed by atoms with Gasteiger partial charge in [0.25, 0.3) is 11.5 Å². The molecular weight excluding hydrogens is 397 g/mol. The summed E-state index contributed by atoms with van der Waals surface area (Å²) in [6.45, 7) is 4.78. The predicted octanol–water partition coefficient (Wildman–Crippen LogP) is 3.56. The molecule has 0 aliphatic carbocycles. The van der Waals surface area contributed by atoms with E-state index in [0.717, 1.165) is 22.2 Å². The first-order valence-corrected chi connectivity index (χ1v) is 10.2. The number of H-pyrrole nitrogens is 2. The highest BCUT2D eigenvalue weighted by molar-refractivity contribution is 5.95. The second-order valence-corrected chi connectivity index (χ2v) is 7.07. The topological polar surface area (TPSA) is 94.7 Å². The summed E-state index contributed by atoms with van der Waals surface area (Å²) in [5, 5.41) is 14.7. The fourth-order valence-electron chi connectivity index (χ4n) is 3.72. The van der Waals surface area contributed by atoms with Crippen LogP contribution in [0.5, 0.6) is 0 Å². The van der Waals surface area contributed by atoms with E-state index in [4.69, 9.17) is 0 Å². The summed E-state index contributed by atoms with van der Waals surface area (Å²) in [5.74, 6) is -0.931. The lowest BCUT2D eigenvalue weighted by Crippen LogP contribution is -2.26. The molecule has 7 nitrogen and oxygen atoms in total. The molecule has 0 bridgehead atoms. The van der Waals surface area contributed by atoms with Gasteiger partial charge >= 0.3 is 0 Å². The lowest BCUT2D eigenvalue weighted by molar-refractivity contribution is 0.0744. The number of halogens is 1. The van der Waals surface area contributed by atoms with Crippen molar-refractivity contribution >= 4 is 16.7 Å². The number of benzene rings is 2. The van der Waals surface area contributed by atoms with Crippen LogP contribution < -0.4 is 5.56 Å². The van der Waals surface area contributed by atoms with Crippen molar-refractivity contribution in [1.29, 1.82) is 0 Å². The maximum absolute atomic E-state index is 14.4. The molecule has 2 aromatic heterocycles. The zero-order valence-electron chi connectivity index (χ0n) is 17.3. The first-order valence-electron chi connectivity index (χ1n) is 10.2. The summed E-state index contributed by atoms with van der Waals surface area (Å²) in [7, 11) is 0. The summed E-state index contributed by atoms with van der Waals surface area (Å²) in [6, 6.07) is 11.7. The van der Waals surface area contributed by atoms with E-state index < -0.39 is 5.82 Å². The Morgan fingerprint density at radius 3 is 2.65 bits per heavy atom. The van der Waals surface area contributed by atoms with Crippen molar-refractivity contribution in [3.63, 3.8) is 0 Å². The molecule has 0 unspecified atom stereocenters. The monoisotopic (exact) mass is 419 g/mol. The Hall–Kier alpha value is -3.81. The van der Waals surface area contributed by atoms with Crippen LogP contribution in [0, 0.1) is 5.82 Å². The molecule has 0 fully saturated rings. The van der Waals surface area contributed by atoms with Crippen LogP contribution in [0.3, 0.4) is 0 Å². The van der Waals surface area contributed by atoms with Crippen LogP contribution in [0.25, 0.3) is 10.8 Å². The van der Waals surface area contributed by atoms with Crippen LogP contribution in [-0.4, -0.2) is 31.2 Å². The summed E-state index contributed by atoms with van der Waals surface area (Å²) >= 11 is 0. The van der Waals surface area contributed by atoms with Gasteiger partial charge in [0.1, 0.15) is 5.82 Å². The van der Waals surface area contributed by atoms with Gasteiger partial charge in [-0.05, 0) is 23.8 Å². The van der Waals surface area contributed by atoms with Crippen LogP contribution in [0.1, 0.15) is 46.7 Å². The first kappa shape index (κ1) is 20.5. The molecule has 3 heterocycles. The number of nitrogens with one attached hydrogen (secondary N) is 2. The molecule has 2 aromatic carbocycles. The number of carbonyl (C=O) groups excluding carboxylic acids is 1. The van der Waals surface area contributed by atoms with Crippen molar-refractivity contribution in [2.75, 3.05) is 0 Å². The first-order chi connectivity index (χ1) is 15.1. The number of hydrogen-bond acceptors (Lipinski definition) is 4. The van der Waals surface area contributed by atoms with E-state index in [1.807, 2.05) is 26.0 Å². The van der Waals surface area contributed by atoms with Crippen LogP contribution in [-0.2, 0) is 19.5 Å². The number of aromatic nitrogens is 4. The lowest BCUT2D eigenvalue weighted by atomic mass is 10.0. The fraction of sp³-hybridized carbons (Fsp3) is 0.217. The quantitative estimate of drug-likeness (QED) is 0.531. The maximum atomic E-state index is 14.4. The number of nitrogens with zero attached hydrogens (tertiary/aromatic N) is 3. The van der Waals surface area contributed by atoms with Gasteiger partial charge in [-0.2, -0.15) is 10.2 Å². The van der Waals surface area contributed by atoms with Crippen molar-refractivity contribution in [2.24, 2.45) is 0 Å². The Bertz CT molecular complexity index is 1290. The number of carbonyl (C=O) groups is 1. The van der Waals surface area contributed by atoms with Crippen molar-refractivity contribution < 1.29 is 9.18 Å². The van der Waals surface area contributed by atoms with E-state index in [1.54, 1.807) is 35.4 Å². The number of fused-ring (bicyclic) bond motifs is 2. The van der Waals surface area contributed by atoms with Gasteiger partial charge < -0.3 is 4.90 Å². The van der Waals surface area contributed by atoms with E-state index in [-0.39, 0.29) is 17.0 Å². The van der Waals surface area contributed by atoms with Gasteiger partial charge in [-0.3, -0.25) is 14.7 Å². The van der Waals surface area contributed by atoms with Crippen molar-refractivity contribution in [2.45, 2.75) is 33.4 Å². The zero-order chi connectivity index (χ0) is 22.0. The average Bonchev–Trinajstić information content (AvgIpc) is 3.41. The van der Waals surface area contributed by atoms with E-state index >= 15 is 0 Å². The fourth-order valence-corrected chi connectivity index (χ4v) is 3.72. The molecule has 1 aliphatic heterocycles. The van der Waals surface area contributed by atoms with Crippen molar-refractivity contribution in [3.8, 4) is 0 Å². The van der Waals surface area contributed by atoms with E-state index in [2.05, 4.69) is 20.4 Å². The highest BCUT2D eigenvalue weighted by Crippen LogP contribution is 2.24. The minimum Gasteiger partial charge on any atom is -0.328 e. The third kappa shape index (κ3) is 3.84. The molecule has 1 aliphatic rings. The maximum Gasteiger partial charge on any atom is 0.272 e. The average molecular weight is 419 g/mol. The molecule has 0 spiro atoms. The summed E-state index contributed by atoms with van der Waals surface area (Å²) in [4.78, 5) is 26.4. The van der Waals surface area contributed by atoms with Gasteiger partial charge in [-0.15, -0.1) is 0 Å². The van der Waals surface area contributed by atoms with Gasteiger partial charge in [-0.1, -0.05) is 38.1 Å². The van der Waals surface area contributed by atoms with Gasteiger partial charge in [-0.25, -0.2) is 9.49 Å². The molecule has 4 aromatic rings. The van der Waals surface area contributed by atoms with Crippen LogP contribution >= 0.6 is 0 Å². The molecule has 158 valence electrons. The summed E-state index contributed by atoms with van der Waals surface area (Å²) in [5.41, 5.74) is 2.98. The number of rotatable bonds is 3. The molecule has 0 saturated heterocycles. The molecule has 31 heavy (non-hydrogen) atoms. The molecule has 0 radical (unpaired) electrons. The molecule has 0 atom stereocenters. The van der Waals surface area contributed by atoms with Gasteiger partial charge in [0.05, 0.1) is 35.1 Å². The normalized spacial score (nSPS) is 12.4. The summed E-state index contributed by atoms with van der Waals surface area (Å²) in [6.07, 6.45) is 2.04. The van der Waals surface area contributed by atoms with Crippen molar-refractivity contribution in [1.82, 2.24) is 25.3 Å². The smallest absolute Gasteiger partial charge is 0.272 e. The third-order valence-corrected chi connectivity index (χ3v) is 5.21. The lowest BCUT2D eigenvalue weighted by Gasteiger charge is -2.16. The number of amides is 1. The van der Waals surface area contributed by atoms with Crippen LogP contribution in [0.4, 0.5) is 4.39 Å². The Morgan fingerprint density at radius 1 is 1.10 bits per heavy atom. The largest absolute Gasteiger partial charge is 0.328 e. The molecule has 2 N–H and O–H groups in total. The molecular formula is C23H22FN5O2. The molecule has 0 saturated carbocycles. The SMILES string of the molecule is CC.O=C(c1cc(Cc2n[nH]c(=O)c3ccccc23)ccc1F)N1Cc2cn[nH]c2C1. The van der Waals surface area contributed by atoms with Crippen molar-refractivity contribution in [3.05, 3.63) is 92.9 Å². The zero-order valence-corrected chi connectivity index (χ0v) is 17.3. The van der Waals surface area contributed by atoms with E-state index in [9.17, 15) is 14.0 Å². The highest BCUT2D eigenvalue weighted by Gasteiger charge is 2.27. The minimum absolute atomic E-state index is 0.0225. The second-order valence-electron chi connectivity index (χ2n) is 7.07. The summed E-state index contributed by atoms with van der Waals surface area (Å²) < 4.78 is 14.4. The standard InChI is InChI=1S/C21H16FN5O2.C2H6/c22-17-6-5-12(8-18-14-3-1-2-4-15(14)20(28)26-25-18)7-16(17)21(29)27-10-13-9-23-24-19(13)11-27;1-2/h1-7,9H,8,10-11H2,(H,23,24)(H,26,28);1-2H3. The van der Waals surface area contributed by atoms with Gasteiger partial charge in [0, 0.05) is 23.9 Å². The highest BCUT2D eigenvalue weighted by atomic mass is 19.1. The molecule has 8 heteroatoms. The Balaban J connectivity index is 0.00000112. The minimum atomic E-state index is -0.563. The molecule has 5 rings (SSSR count). The van der Waals surface area contributed by atoms with Gasteiger partial charge in [0.15, 0.2) is 0 Å². The number of hydrogen-bond donors (Lipinski definition) is 2. The number of aromatic amines is 2. The third-order valence-electron chi connectivity index (χ3n) is 5.21. The second kappa shape index (κ2) is 8.51.